The van der Waals surface area contributed by atoms with Crippen molar-refractivity contribution in [3.05, 3.63) is 73.2 Å². The standard InChI is InChI=1S/C23H24FN3O4/c1-10-6-9-14(31-10)21(23(3,4)5)27-18-17(19(28)20(18)29)26-16-13(24)8-7-12-11(2)25-22(30)15(12)16/h6-9,11,21,26-27H,1-5H3,(H,25,30)/t11-,21+/m0/s1. The van der Waals surface area contributed by atoms with Gasteiger partial charge in [0.2, 0.25) is 0 Å². The van der Waals surface area contributed by atoms with Crippen LogP contribution in [0.15, 0.2) is 38.3 Å². The fraction of sp³-hybridized carbons (Fsp3) is 0.348. The molecule has 0 fully saturated rings. The van der Waals surface area contributed by atoms with Crippen LogP contribution in [-0.4, -0.2) is 5.91 Å². The van der Waals surface area contributed by atoms with E-state index in [2.05, 4.69) is 16.0 Å². The van der Waals surface area contributed by atoms with Gasteiger partial charge in [-0.15, -0.1) is 0 Å². The number of anilines is 3. The average molecular weight is 425 g/mol. The van der Waals surface area contributed by atoms with Crippen molar-refractivity contribution < 1.29 is 13.6 Å². The summed E-state index contributed by atoms with van der Waals surface area (Å²) in [5, 5.41) is 8.56. The number of hydrogen-bond donors (Lipinski definition) is 3. The zero-order valence-electron chi connectivity index (χ0n) is 18.0. The second-order valence-electron chi connectivity index (χ2n) is 9.01. The normalized spacial score (nSPS) is 16.8. The van der Waals surface area contributed by atoms with Gasteiger partial charge in [0.05, 0.1) is 23.3 Å². The molecule has 3 aromatic rings. The summed E-state index contributed by atoms with van der Waals surface area (Å²) in [4.78, 5) is 37.1. The SMILES string of the molecule is Cc1ccc([C@@H](Nc2c(Nc3c(F)ccc4c3C(=O)N[C@H]4C)c(=O)c2=O)C(C)(C)C)o1. The number of furan rings is 1. The van der Waals surface area contributed by atoms with E-state index in [0.29, 0.717) is 11.3 Å². The Balaban J connectivity index is 1.73. The molecular weight excluding hydrogens is 401 g/mol. The van der Waals surface area contributed by atoms with Crippen molar-refractivity contribution in [3.8, 4) is 0 Å². The zero-order valence-corrected chi connectivity index (χ0v) is 18.0. The summed E-state index contributed by atoms with van der Waals surface area (Å²) in [5.41, 5.74) is -1.21. The van der Waals surface area contributed by atoms with Gasteiger partial charge in [-0.3, -0.25) is 14.4 Å². The van der Waals surface area contributed by atoms with Crippen LogP contribution in [0.5, 0.6) is 0 Å². The highest BCUT2D eigenvalue weighted by molar-refractivity contribution is 6.05. The lowest BCUT2D eigenvalue weighted by molar-refractivity contribution is 0.0959. The Morgan fingerprint density at radius 2 is 1.71 bits per heavy atom. The monoisotopic (exact) mass is 425 g/mol. The molecule has 31 heavy (non-hydrogen) atoms. The molecule has 0 spiro atoms. The van der Waals surface area contributed by atoms with Crippen LogP contribution in [-0.2, 0) is 0 Å². The number of halogens is 1. The van der Waals surface area contributed by atoms with Gasteiger partial charge in [0.15, 0.2) is 0 Å². The number of carbonyl (C=O) groups excluding carboxylic acids is 1. The van der Waals surface area contributed by atoms with Gasteiger partial charge in [-0.2, -0.15) is 0 Å². The van der Waals surface area contributed by atoms with E-state index >= 15 is 0 Å². The second-order valence-corrected chi connectivity index (χ2v) is 9.01. The summed E-state index contributed by atoms with van der Waals surface area (Å²) in [7, 11) is 0. The fourth-order valence-electron chi connectivity index (χ4n) is 3.91. The first-order valence-corrected chi connectivity index (χ1v) is 10.1. The first kappa shape index (κ1) is 20.8. The molecule has 0 radical (unpaired) electrons. The molecular formula is C23H24FN3O4. The van der Waals surface area contributed by atoms with E-state index in [-0.39, 0.29) is 34.1 Å². The van der Waals surface area contributed by atoms with Gasteiger partial charge >= 0.3 is 0 Å². The van der Waals surface area contributed by atoms with Crippen molar-refractivity contribution in [2.24, 2.45) is 5.41 Å². The van der Waals surface area contributed by atoms with Crippen molar-refractivity contribution in [1.29, 1.82) is 0 Å². The third-order valence-electron chi connectivity index (χ3n) is 5.59. The molecule has 162 valence electrons. The van der Waals surface area contributed by atoms with Crippen molar-refractivity contribution in [2.75, 3.05) is 10.6 Å². The number of amides is 1. The minimum atomic E-state index is -0.769. The maximum Gasteiger partial charge on any atom is 0.254 e. The Kier molecular flexibility index (Phi) is 4.76. The topological polar surface area (TPSA) is 100 Å². The summed E-state index contributed by atoms with van der Waals surface area (Å²) >= 11 is 0. The van der Waals surface area contributed by atoms with E-state index in [0.717, 1.165) is 5.76 Å². The third kappa shape index (κ3) is 3.41. The molecule has 4 rings (SSSR count). The molecule has 1 aliphatic heterocycles. The smallest absolute Gasteiger partial charge is 0.254 e. The maximum absolute atomic E-state index is 14.6. The molecule has 0 bridgehead atoms. The van der Waals surface area contributed by atoms with Crippen LogP contribution in [0.25, 0.3) is 0 Å². The van der Waals surface area contributed by atoms with Gasteiger partial charge in [0.25, 0.3) is 16.8 Å². The summed E-state index contributed by atoms with van der Waals surface area (Å²) in [6.07, 6.45) is 0. The van der Waals surface area contributed by atoms with E-state index in [4.69, 9.17) is 4.42 Å². The van der Waals surface area contributed by atoms with Crippen LogP contribution in [0.2, 0.25) is 0 Å². The number of carbonyl (C=O) groups is 1. The fourth-order valence-corrected chi connectivity index (χ4v) is 3.91. The second kappa shape index (κ2) is 7.08. The maximum atomic E-state index is 14.6. The van der Waals surface area contributed by atoms with Crippen LogP contribution in [0, 0.1) is 18.2 Å². The zero-order chi connectivity index (χ0) is 22.7. The average Bonchev–Trinajstić information content (AvgIpc) is 3.23. The highest BCUT2D eigenvalue weighted by Crippen LogP contribution is 2.39. The lowest BCUT2D eigenvalue weighted by Gasteiger charge is -2.31. The molecule has 8 heteroatoms. The molecule has 2 atom stereocenters. The number of aryl methyl sites for hydroxylation is 1. The Hall–Kier alpha value is -3.42. The molecule has 1 aliphatic rings. The number of hydrogen-bond acceptors (Lipinski definition) is 6. The molecule has 1 amide bonds. The molecule has 7 nitrogen and oxygen atoms in total. The van der Waals surface area contributed by atoms with E-state index in [9.17, 15) is 18.8 Å². The highest BCUT2D eigenvalue weighted by Gasteiger charge is 2.35. The van der Waals surface area contributed by atoms with Gasteiger partial charge in [0.1, 0.15) is 28.7 Å². The van der Waals surface area contributed by atoms with E-state index < -0.39 is 28.6 Å². The molecule has 2 aromatic carbocycles. The molecule has 0 aliphatic carbocycles. The molecule has 0 saturated heterocycles. The Bertz CT molecular complexity index is 1260. The molecule has 0 unspecified atom stereocenters. The number of rotatable bonds is 5. The van der Waals surface area contributed by atoms with Gasteiger partial charge in [0, 0.05) is 0 Å². The van der Waals surface area contributed by atoms with Gasteiger partial charge < -0.3 is 20.4 Å². The third-order valence-corrected chi connectivity index (χ3v) is 5.59. The van der Waals surface area contributed by atoms with Gasteiger partial charge in [-0.05, 0) is 43.0 Å². The summed E-state index contributed by atoms with van der Waals surface area (Å²) in [6.45, 7) is 9.51. The summed E-state index contributed by atoms with van der Waals surface area (Å²) in [5.74, 6) is 0.216. The highest BCUT2D eigenvalue weighted by atomic mass is 19.1. The lowest BCUT2D eigenvalue weighted by atomic mass is 9.85. The van der Waals surface area contributed by atoms with Crippen LogP contribution in [0.4, 0.5) is 21.5 Å². The van der Waals surface area contributed by atoms with Gasteiger partial charge in [-0.1, -0.05) is 26.8 Å². The quantitative estimate of drug-likeness (QED) is 0.533. The minimum Gasteiger partial charge on any atom is -0.464 e. The predicted molar refractivity (Wildman–Crippen MR) is 116 cm³/mol. The number of fused-ring (bicyclic) bond motifs is 1. The largest absolute Gasteiger partial charge is 0.464 e. The minimum absolute atomic E-state index is 0.0439. The van der Waals surface area contributed by atoms with Crippen LogP contribution >= 0.6 is 0 Å². The first-order chi connectivity index (χ1) is 14.5. The molecule has 2 heterocycles. The Morgan fingerprint density at radius 1 is 1.03 bits per heavy atom. The summed E-state index contributed by atoms with van der Waals surface area (Å²) < 4.78 is 20.4. The van der Waals surface area contributed by atoms with Crippen molar-refractivity contribution >= 4 is 23.0 Å². The molecule has 3 N–H and O–H groups in total. The van der Waals surface area contributed by atoms with Crippen molar-refractivity contribution in [2.45, 2.75) is 46.7 Å². The lowest BCUT2D eigenvalue weighted by Crippen LogP contribution is -2.39. The van der Waals surface area contributed by atoms with E-state index in [1.54, 1.807) is 6.92 Å². The summed E-state index contributed by atoms with van der Waals surface area (Å²) in [6, 6.07) is 5.71. The van der Waals surface area contributed by atoms with Crippen molar-refractivity contribution in [3.63, 3.8) is 0 Å². The van der Waals surface area contributed by atoms with Crippen LogP contribution < -0.4 is 26.8 Å². The van der Waals surface area contributed by atoms with Crippen LogP contribution in [0.3, 0.4) is 0 Å². The molecule has 0 saturated carbocycles. The van der Waals surface area contributed by atoms with E-state index in [1.165, 1.54) is 12.1 Å². The predicted octanol–water partition coefficient (Wildman–Crippen LogP) is 4.07. The Labute approximate surface area is 178 Å². The van der Waals surface area contributed by atoms with Crippen molar-refractivity contribution in [1.82, 2.24) is 5.32 Å². The number of benzene rings is 1. The van der Waals surface area contributed by atoms with Crippen LogP contribution in [0.1, 0.15) is 67.2 Å². The number of nitrogens with one attached hydrogen (secondary N) is 3. The molecule has 1 aromatic heterocycles. The van der Waals surface area contributed by atoms with Gasteiger partial charge in [-0.25, -0.2) is 4.39 Å². The Morgan fingerprint density at radius 3 is 2.32 bits per heavy atom. The first-order valence-electron chi connectivity index (χ1n) is 10.1. The van der Waals surface area contributed by atoms with E-state index in [1.807, 2.05) is 39.8 Å².